The molecule has 39 valence electrons. The summed E-state index contributed by atoms with van der Waals surface area (Å²) in [6.45, 7) is 3.10. The predicted molar refractivity (Wildman–Crippen MR) is 31.5 cm³/mol. The van der Waals surface area contributed by atoms with Gasteiger partial charge in [-0.3, -0.25) is 4.99 Å². The van der Waals surface area contributed by atoms with Crippen molar-refractivity contribution in [3.8, 4) is 0 Å². The van der Waals surface area contributed by atoms with Crippen molar-refractivity contribution in [2.75, 3.05) is 6.54 Å². The Morgan fingerprint density at radius 1 is 1.71 bits per heavy atom. The fourth-order valence-corrected chi connectivity index (χ4v) is 0.722. The largest absolute Gasteiger partial charge is 0.294 e. The summed E-state index contributed by atoms with van der Waals surface area (Å²) in [6, 6.07) is 0. The van der Waals surface area contributed by atoms with Gasteiger partial charge in [-0.1, -0.05) is 0 Å². The first-order valence-electron chi connectivity index (χ1n) is 2.71. The molecule has 0 N–H and O–H groups in total. The highest BCUT2D eigenvalue weighted by Crippen LogP contribution is 2.02. The van der Waals surface area contributed by atoms with E-state index in [0.717, 1.165) is 13.0 Å². The minimum Gasteiger partial charge on any atom is -0.294 e. The standard InChI is InChI=1S/C6H10N/c1-6-4-2-3-5-7-6/h2H,3-5H2,1H3. The first kappa shape index (κ1) is 4.82. The Morgan fingerprint density at radius 3 is 2.86 bits per heavy atom. The highest BCUT2D eigenvalue weighted by atomic mass is 14.7. The second-order valence-electron chi connectivity index (χ2n) is 1.90. The van der Waals surface area contributed by atoms with E-state index in [-0.39, 0.29) is 0 Å². The van der Waals surface area contributed by atoms with Crippen molar-refractivity contribution in [2.24, 2.45) is 4.99 Å². The lowest BCUT2D eigenvalue weighted by molar-refractivity contribution is 0.880. The Morgan fingerprint density at radius 2 is 2.57 bits per heavy atom. The number of hydrogen-bond donors (Lipinski definition) is 0. The van der Waals surface area contributed by atoms with Crippen LogP contribution in [0.5, 0.6) is 0 Å². The van der Waals surface area contributed by atoms with Gasteiger partial charge in [0.15, 0.2) is 0 Å². The second-order valence-corrected chi connectivity index (χ2v) is 1.90. The van der Waals surface area contributed by atoms with Gasteiger partial charge in [0.1, 0.15) is 0 Å². The summed E-state index contributed by atoms with van der Waals surface area (Å²) < 4.78 is 0. The highest BCUT2D eigenvalue weighted by molar-refractivity contribution is 5.83. The summed E-state index contributed by atoms with van der Waals surface area (Å²) in [5.74, 6) is 0. The van der Waals surface area contributed by atoms with Crippen LogP contribution in [0.1, 0.15) is 19.8 Å². The molecule has 0 unspecified atom stereocenters. The summed E-state index contributed by atoms with van der Waals surface area (Å²) in [6.07, 6.45) is 4.57. The number of nitrogens with zero attached hydrogens (tertiary/aromatic N) is 1. The Hall–Kier alpha value is -0.330. The fraction of sp³-hybridized carbons (Fsp3) is 0.667. The smallest absolute Gasteiger partial charge is 0.0391 e. The third kappa shape index (κ3) is 1.30. The van der Waals surface area contributed by atoms with Crippen molar-refractivity contribution in [1.82, 2.24) is 0 Å². The van der Waals surface area contributed by atoms with Crippen molar-refractivity contribution in [3.63, 3.8) is 0 Å². The van der Waals surface area contributed by atoms with Gasteiger partial charge in [-0.05, 0) is 26.2 Å². The van der Waals surface area contributed by atoms with Gasteiger partial charge in [-0.25, -0.2) is 0 Å². The molecule has 1 nitrogen and oxygen atoms in total. The lowest BCUT2D eigenvalue weighted by Gasteiger charge is -2.04. The van der Waals surface area contributed by atoms with E-state index in [1.165, 1.54) is 12.1 Å². The van der Waals surface area contributed by atoms with Crippen LogP contribution < -0.4 is 0 Å². The molecule has 1 rings (SSSR count). The summed E-state index contributed by atoms with van der Waals surface area (Å²) in [7, 11) is 0. The van der Waals surface area contributed by atoms with E-state index in [1.54, 1.807) is 0 Å². The topological polar surface area (TPSA) is 12.4 Å². The molecule has 0 saturated carbocycles. The van der Waals surface area contributed by atoms with Crippen LogP contribution in [0.4, 0.5) is 0 Å². The van der Waals surface area contributed by atoms with Crippen molar-refractivity contribution in [3.05, 3.63) is 6.42 Å². The van der Waals surface area contributed by atoms with Crippen molar-refractivity contribution in [1.29, 1.82) is 0 Å². The molecule has 0 saturated heterocycles. The zero-order chi connectivity index (χ0) is 5.11. The van der Waals surface area contributed by atoms with Gasteiger partial charge in [-0.2, -0.15) is 0 Å². The number of hydrogen-bond acceptors (Lipinski definition) is 1. The molecule has 1 heterocycles. The zero-order valence-corrected chi connectivity index (χ0v) is 4.65. The van der Waals surface area contributed by atoms with E-state index < -0.39 is 0 Å². The first-order chi connectivity index (χ1) is 3.39. The summed E-state index contributed by atoms with van der Waals surface area (Å²) in [4.78, 5) is 4.22. The molecular weight excluding hydrogens is 86.1 g/mol. The molecule has 1 heteroatoms. The van der Waals surface area contributed by atoms with Crippen LogP contribution in [0.2, 0.25) is 0 Å². The molecule has 1 aliphatic rings. The molecule has 0 bridgehead atoms. The van der Waals surface area contributed by atoms with Crippen LogP contribution in [0, 0.1) is 6.42 Å². The quantitative estimate of drug-likeness (QED) is 0.432. The molecular formula is C6H10N. The molecule has 0 aromatic carbocycles. The van der Waals surface area contributed by atoms with Crippen LogP contribution >= 0.6 is 0 Å². The summed E-state index contributed by atoms with van der Waals surface area (Å²) in [5.41, 5.74) is 1.28. The SMILES string of the molecule is CC1=NCC[CH]C1. The van der Waals surface area contributed by atoms with Crippen molar-refractivity contribution >= 4 is 5.71 Å². The molecule has 0 aromatic rings. The molecule has 0 amide bonds. The molecule has 0 atom stereocenters. The van der Waals surface area contributed by atoms with Gasteiger partial charge in [0, 0.05) is 12.3 Å². The molecule has 0 aromatic heterocycles. The average molecular weight is 96.2 g/mol. The van der Waals surface area contributed by atoms with Gasteiger partial charge in [0.2, 0.25) is 0 Å². The first-order valence-corrected chi connectivity index (χ1v) is 2.71. The lowest BCUT2D eigenvalue weighted by atomic mass is 10.1. The van der Waals surface area contributed by atoms with Crippen molar-refractivity contribution in [2.45, 2.75) is 19.8 Å². The minimum absolute atomic E-state index is 1.02. The molecule has 1 aliphatic heterocycles. The maximum absolute atomic E-state index is 4.22. The summed E-state index contributed by atoms with van der Waals surface area (Å²) >= 11 is 0. The average Bonchev–Trinajstić information content (AvgIpc) is 1.69. The van der Waals surface area contributed by atoms with Crippen LogP contribution in [-0.4, -0.2) is 12.3 Å². The normalized spacial score (nSPS) is 21.6. The second kappa shape index (κ2) is 2.10. The van der Waals surface area contributed by atoms with Crippen LogP contribution in [-0.2, 0) is 0 Å². The van der Waals surface area contributed by atoms with Gasteiger partial charge in [0.05, 0.1) is 0 Å². The van der Waals surface area contributed by atoms with E-state index in [9.17, 15) is 0 Å². The zero-order valence-electron chi connectivity index (χ0n) is 4.65. The minimum atomic E-state index is 1.02. The highest BCUT2D eigenvalue weighted by Gasteiger charge is 1.96. The van der Waals surface area contributed by atoms with Crippen molar-refractivity contribution < 1.29 is 0 Å². The molecule has 0 aliphatic carbocycles. The van der Waals surface area contributed by atoms with Gasteiger partial charge in [0.25, 0.3) is 0 Å². The van der Waals surface area contributed by atoms with Crippen LogP contribution in [0.3, 0.4) is 0 Å². The van der Waals surface area contributed by atoms with E-state index in [2.05, 4.69) is 18.3 Å². The molecule has 0 spiro atoms. The van der Waals surface area contributed by atoms with Crippen LogP contribution in [0.15, 0.2) is 4.99 Å². The third-order valence-electron chi connectivity index (χ3n) is 1.15. The van der Waals surface area contributed by atoms with E-state index in [1.807, 2.05) is 0 Å². The molecule has 0 fully saturated rings. The molecule has 7 heavy (non-hydrogen) atoms. The number of aliphatic imine (C=N–C) groups is 1. The maximum Gasteiger partial charge on any atom is 0.0391 e. The Bertz CT molecular complexity index is 84.2. The predicted octanol–water partition coefficient (Wildman–Crippen LogP) is 1.45. The van der Waals surface area contributed by atoms with Gasteiger partial charge < -0.3 is 0 Å². The Balaban J connectivity index is 2.40. The third-order valence-corrected chi connectivity index (χ3v) is 1.15. The monoisotopic (exact) mass is 96.1 g/mol. The molecule has 1 radical (unpaired) electrons. The maximum atomic E-state index is 4.22. The lowest BCUT2D eigenvalue weighted by Crippen LogP contribution is -2.00. The van der Waals surface area contributed by atoms with E-state index >= 15 is 0 Å². The summed E-state index contributed by atoms with van der Waals surface area (Å²) in [5, 5.41) is 0. The number of rotatable bonds is 0. The van der Waals surface area contributed by atoms with Gasteiger partial charge >= 0.3 is 0 Å². The van der Waals surface area contributed by atoms with Gasteiger partial charge in [-0.15, -0.1) is 0 Å². The Labute approximate surface area is 44.5 Å². The van der Waals surface area contributed by atoms with Crippen LogP contribution in [0.25, 0.3) is 0 Å². The fourth-order valence-electron chi connectivity index (χ4n) is 0.722. The van der Waals surface area contributed by atoms with E-state index in [4.69, 9.17) is 0 Å². The van der Waals surface area contributed by atoms with E-state index in [0.29, 0.717) is 0 Å². The Kier molecular flexibility index (Phi) is 1.45.